The molecule has 0 saturated carbocycles. The zero-order valence-electron chi connectivity index (χ0n) is 13.5. The largest absolute Gasteiger partial charge is 0.469 e. The quantitative estimate of drug-likeness (QED) is 0.663. The summed E-state index contributed by atoms with van der Waals surface area (Å²) in [6.07, 6.45) is 2.21. The number of hydrogen-bond acceptors (Lipinski definition) is 5. The highest BCUT2D eigenvalue weighted by Crippen LogP contribution is 2.29. The molecular weight excluding hydrogens is 348 g/mol. The van der Waals surface area contributed by atoms with Crippen molar-refractivity contribution in [2.24, 2.45) is 12.5 Å². The highest BCUT2D eigenvalue weighted by atomic mass is 79.9. The number of ether oxygens (including phenoxy) is 1. The Bertz CT molecular complexity index is 691. The number of hydrogen-bond donors (Lipinski definition) is 1. The summed E-state index contributed by atoms with van der Waals surface area (Å²) in [6.45, 7) is 6.23. The molecule has 22 heavy (non-hydrogen) atoms. The Morgan fingerprint density at radius 1 is 1.45 bits per heavy atom. The number of aryl methyl sites for hydroxylation is 1. The molecule has 0 spiro atoms. The van der Waals surface area contributed by atoms with Crippen LogP contribution in [0.4, 0.5) is 5.82 Å². The van der Waals surface area contributed by atoms with Crippen LogP contribution >= 0.6 is 15.9 Å². The molecule has 1 atom stereocenters. The van der Waals surface area contributed by atoms with E-state index in [1.165, 1.54) is 7.11 Å². The fraction of sp³-hybridized carbons (Fsp3) is 0.533. The number of aromatic nitrogens is 3. The van der Waals surface area contributed by atoms with Gasteiger partial charge in [0.15, 0.2) is 0 Å². The van der Waals surface area contributed by atoms with Crippen molar-refractivity contribution in [3.05, 3.63) is 17.0 Å². The predicted octanol–water partition coefficient (Wildman–Crippen LogP) is 3.12. The fourth-order valence-electron chi connectivity index (χ4n) is 2.21. The molecule has 0 fully saturated rings. The molecule has 0 aliphatic rings. The van der Waals surface area contributed by atoms with E-state index in [0.717, 1.165) is 11.0 Å². The van der Waals surface area contributed by atoms with Gasteiger partial charge < -0.3 is 14.6 Å². The lowest BCUT2D eigenvalue weighted by Crippen LogP contribution is -2.36. The Hall–Kier alpha value is -1.63. The van der Waals surface area contributed by atoms with Crippen LogP contribution < -0.4 is 5.32 Å². The van der Waals surface area contributed by atoms with Crippen LogP contribution in [0.3, 0.4) is 0 Å². The first-order valence-corrected chi connectivity index (χ1v) is 7.83. The Morgan fingerprint density at radius 3 is 2.73 bits per heavy atom. The summed E-state index contributed by atoms with van der Waals surface area (Å²) in [7, 11) is 3.33. The van der Waals surface area contributed by atoms with E-state index in [4.69, 9.17) is 4.74 Å². The number of methoxy groups -OCH3 is 1. The molecule has 120 valence electrons. The van der Waals surface area contributed by atoms with Crippen molar-refractivity contribution in [1.82, 2.24) is 14.5 Å². The van der Waals surface area contributed by atoms with Crippen molar-refractivity contribution in [2.75, 3.05) is 12.4 Å². The molecule has 1 N–H and O–H groups in total. The predicted molar refractivity (Wildman–Crippen MR) is 89.7 cm³/mol. The molecule has 0 aliphatic heterocycles. The molecule has 0 unspecified atom stereocenters. The molecule has 0 aliphatic carbocycles. The van der Waals surface area contributed by atoms with Gasteiger partial charge in [-0.15, -0.1) is 0 Å². The molecule has 0 bridgehead atoms. The van der Waals surface area contributed by atoms with Crippen LogP contribution in [0.5, 0.6) is 0 Å². The summed E-state index contributed by atoms with van der Waals surface area (Å²) < 4.78 is 7.24. The first-order chi connectivity index (χ1) is 10.2. The Balaban J connectivity index is 2.39. The van der Waals surface area contributed by atoms with Gasteiger partial charge in [-0.1, -0.05) is 20.8 Å². The molecule has 2 aromatic rings. The third kappa shape index (κ3) is 3.58. The molecule has 0 aromatic carbocycles. The van der Waals surface area contributed by atoms with Crippen LogP contribution in [-0.4, -0.2) is 33.7 Å². The first-order valence-electron chi connectivity index (χ1n) is 7.04. The molecule has 7 heteroatoms. The molecule has 2 rings (SSSR count). The molecule has 0 saturated heterocycles. The van der Waals surface area contributed by atoms with Gasteiger partial charge in [-0.05, 0) is 27.4 Å². The van der Waals surface area contributed by atoms with Crippen molar-refractivity contribution in [2.45, 2.75) is 33.2 Å². The summed E-state index contributed by atoms with van der Waals surface area (Å²) >= 11 is 3.34. The van der Waals surface area contributed by atoms with Gasteiger partial charge in [0.25, 0.3) is 0 Å². The van der Waals surface area contributed by atoms with E-state index in [-0.39, 0.29) is 23.8 Å². The van der Waals surface area contributed by atoms with E-state index in [1.54, 1.807) is 0 Å². The van der Waals surface area contributed by atoms with E-state index in [1.807, 2.05) is 23.9 Å². The summed E-state index contributed by atoms with van der Waals surface area (Å²) in [6, 6.07) is 1.85. The minimum absolute atomic E-state index is 0.106. The first kappa shape index (κ1) is 16.7. The normalized spacial score (nSPS) is 13.2. The van der Waals surface area contributed by atoms with Crippen LogP contribution in [0.25, 0.3) is 11.0 Å². The van der Waals surface area contributed by atoms with E-state index in [2.05, 4.69) is 52.0 Å². The van der Waals surface area contributed by atoms with Crippen molar-refractivity contribution in [1.29, 1.82) is 0 Å². The van der Waals surface area contributed by atoms with Gasteiger partial charge in [0.2, 0.25) is 4.73 Å². The Kier molecular flexibility index (Phi) is 4.75. The number of esters is 1. The SMILES string of the molecule is COC(=O)C[C@@H](Nc1nc(Br)nc2c1ccn2C)C(C)(C)C. The summed E-state index contributed by atoms with van der Waals surface area (Å²) in [5, 5.41) is 4.31. The van der Waals surface area contributed by atoms with Crippen LogP contribution in [0, 0.1) is 5.41 Å². The van der Waals surface area contributed by atoms with Crippen LogP contribution in [0.1, 0.15) is 27.2 Å². The van der Waals surface area contributed by atoms with E-state index in [9.17, 15) is 4.79 Å². The topological polar surface area (TPSA) is 69.0 Å². The monoisotopic (exact) mass is 368 g/mol. The maximum absolute atomic E-state index is 11.7. The molecule has 2 aromatic heterocycles. The lowest BCUT2D eigenvalue weighted by atomic mass is 9.84. The summed E-state index contributed by atoms with van der Waals surface area (Å²) in [5.41, 5.74) is 0.697. The fourth-order valence-corrected chi connectivity index (χ4v) is 2.55. The lowest BCUT2D eigenvalue weighted by Gasteiger charge is -2.31. The van der Waals surface area contributed by atoms with E-state index < -0.39 is 0 Å². The van der Waals surface area contributed by atoms with Crippen molar-refractivity contribution in [3.8, 4) is 0 Å². The standard InChI is InChI=1S/C15H21BrN4O2/c1-15(2,3)10(8-11(21)22-5)17-12-9-6-7-20(4)13(9)19-14(16)18-12/h6-7,10H,8H2,1-5H3,(H,17,18,19)/t10-/m1/s1. The number of carbonyl (C=O) groups is 1. The minimum atomic E-state index is -0.246. The molecule has 0 radical (unpaired) electrons. The Labute approximate surface area is 138 Å². The van der Waals surface area contributed by atoms with Crippen LogP contribution in [0.15, 0.2) is 17.0 Å². The maximum Gasteiger partial charge on any atom is 0.307 e. The van der Waals surface area contributed by atoms with Gasteiger partial charge in [0.1, 0.15) is 11.5 Å². The van der Waals surface area contributed by atoms with Gasteiger partial charge in [-0.2, -0.15) is 0 Å². The Morgan fingerprint density at radius 2 is 2.14 bits per heavy atom. The van der Waals surface area contributed by atoms with Gasteiger partial charge in [-0.25, -0.2) is 9.97 Å². The van der Waals surface area contributed by atoms with Crippen LogP contribution in [-0.2, 0) is 16.6 Å². The zero-order chi connectivity index (χ0) is 16.5. The second-order valence-corrected chi connectivity index (χ2v) is 7.06. The van der Waals surface area contributed by atoms with Crippen molar-refractivity contribution in [3.63, 3.8) is 0 Å². The number of rotatable bonds is 4. The number of anilines is 1. The van der Waals surface area contributed by atoms with Gasteiger partial charge in [0, 0.05) is 19.3 Å². The lowest BCUT2D eigenvalue weighted by molar-refractivity contribution is -0.141. The van der Waals surface area contributed by atoms with E-state index >= 15 is 0 Å². The van der Waals surface area contributed by atoms with Crippen molar-refractivity contribution >= 4 is 38.8 Å². The number of carbonyl (C=O) groups excluding carboxylic acids is 1. The number of halogens is 1. The average molecular weight is 369 g/mol. The second kappa shape index (κ2) is 6.24. The van der Waals surface area contributed by atoms with E-state index in [0.29, 0.717) is 10.6 Å². The number of nitrogens with zero attached hydrogens (tertiary/aromatic N) is 3. The average Bonchev–Trinajstić information content (AvgIpc) is 2.78. The summed E-state index contributed by atoms with van der Waals surface area (Å²) in [4.78, 5) is 20.5. The second-order valence-electron chi connectivity index (χ2n) is 6.35. The van der Waals surface area contributed by atoms with Crippen LogP contribution in [0.2, 0.25) is 0 Å². The third-order valence-corrected chi connectivity index (χ3v) is 4.01. The van der Waals surface area contributed by atoms with Gasteiger partial charge in [0.05, 0.1) is 18.9 Å². The smallest absolute Gasteiger partial charge is 0.307 e. The molecule has 0 amide bonds. The molecule has 2 heterocycles. The zero-order valence-corrected chi connectivity index (χ0v) is 15.1. The van der Waals surface area contributed by atoms with Gasteiger partial charge in [-0.3, -0.25) is 4.79 Å². The number of fused-ring (bicyclic) bond motifs is 1. The van der Waals surface area contributed by atoms with Gasteiger partial charge >= 0.3 is 5.97 Å². The molecular formula is C15H21BrN4O2. The third-order valence-electron chi connectivity index (χ3n) is 3.65. The maximum atomic E-state index is 11.7. The highest BCUT2D eigenvalue weighted by Gasteiger charge is 2.28. The number of nitrogens with one attached hydrogen (secondary N) is 1. The molecule has 6 nitrogen and oxygen atoms in total. The highest BCUT2D eigenvalue weighted by molar-refractivity contribution is 9.10. The summed E-state index contributed by atoms with van der Waals surface area (Å²) in [5.74, 6) is 0.464. The minimum Gasteiger partial charge on any atom is -0.469 e. The van der Waals surface area contributed by atoms with Crippen molar-refractivity contribution < 1.29 is 9.53 Å².